The van der Waals surface area contributed by atoms with E-state index < -0.39 is 0 Å². The normalized spacial score (nSPS) is 11.3. The number of hydrogen-bond donors (Lipinski definition) is 0. The van der Waals surface area contributed by atoms with Gasteiger partial charge in [0, 0.05) is 68.2 Å². The lowest BCUT2D eigenvalue weighted by molar-refractivity contribution is 1.25. The molecule has 4 nitrogen and oxygen atoms in total. The zero-order chi connectivity index (χ0) is 52.3. The molecule has 0 saturated heterocycles. The molecule has 0 aromatic heterocycles. The van der Waals surface area contributed by atoms with Crippen molar-refractivity contribution < 1.29 is 0 Å². The molecule has 0 amide bonds. The van der Waals surface area contributed by atoms with Crippen LogP contribution < -0.4 is 19.6 Å². The molecule has 0 saturated carbocycles. The van der Waals surface area contributed by atoms with E-state index in [1.807, 2.05) is 0 Å². The van der Waals surface area contributed by atoms with E-state index in [0.29, 0.717) is 0 Å². The van der Waals surface area contributed by atoms with Crippen LogP contribution in [0.15, 0.2) is 340 Å². The summed E-state index contributed by atoms with van der Waals surface area (Å²) in [6.07, 6.45) is 0. The van der Waals surface area contributed by atoms with Gasteiger partial charge in [0.15, 0.2) is 0 Å². The third kappa shape index (κ3) is 10.5. The summed E-state index contributed by atoms with van der Waals surface area (Å²) >= 11 is 0. The van der Waals surface area contributed by atoms with Crippen LogP contribution in [-0.2, 0) is 0 Å². The van der Waals surface area contributed by atoms with Crippen LogP contribution in [0.4, 0.5) is 68.2 Å². The fourth-order valence-electron chi connectivity index (χ4n) is 10.4. The summed E-state index contributed by atoms with van der Waals surface area (Å²) < 4.78 is 0. The van der Waals surface area contributed by atoms with E-state index in [0.717, 1.165) is 102 Å². The summed E-state index contributed by atoms with van der Waals surface area (Å²) in [4.78, 5) is 9.26. The van der Waals surface area contributed by atoms with E-state index in [1.165, 1.54) is 0 Å². The van der Waals surface area contributed by atoms with Crippen LogP contribution in [0.2, 0.25) is 0 Å². The zero-order valence-electron chi connectivity index (χ0n) is 43.1. The molecular formula is C74H56N4. The van der Waals surface area contributed by atoms with Crippen LogP contribution in [0.3, 0.4) is 0 Å². The quantitative estimate of drug-likeness (QED) is 0.0894. The molecule has 0 radical (unpaired) electrons. The molecule has 0 atom stereocenters. The molecule has 0 unspecified atom stereocenters. The van der Waals surface area contributed by atoms with Crippen LogP contribution in [0.1, 0.15) is 22.3 Å². The lowest BCUT2D eigenvalue weighted by Gasteiger charge is -2.28. The Morgan fingerprint density at radius 2 is 0.256 bits per heavy atom. The van der Waals surface area contributed by atoms with Crippen LogP contribution >= 0.6 is 0 Å². The molecular weight excluding hydrogens is 945 g/mol. The Morgan fingerprint density at radius 1 is 0.128 bits per heavy atom. The Labute approximate surface area is 458 Å². The van der Waals surface area contributed by atoms with Crippen molar-refractivity contribution in [3.63, 3.8) is 0 Å². The molecule has 4 heteroatoms. The molecule has 0 N–H and O–H groups in total. The van der Waals surface area contributed by atoms with Crippen LogP contribution in [-0.4, -0.2) is 0 Å². The van der Waals surface area contributed by atoms with Gasteiger partial charge in [0.1, 0.15) is 0 Å². The van der Waals surface area contributed by atoms with Gasteiger partial charge < -0.3 is 19.6 Å². The number of anilines is 12. The minimum atomic E-state index is 1.06. The lowest BCUT2D eigenvalue weighted by Crippen LogP contribution is -2.12. The third-order valence-electron chi connectivity index (χ3n) is 14.0. The first kappa shape index (κ1) is 48.5. The van der Waals surface area contributed by atoms with E-state index in [2.05, 4.69) is 359 Å². The van der Waals surface area contributed by atoms with Crippen LogP contribution in [0, 0.1) is 0 Å². The van der Waals surface area contributed by atoms with Gasteiger partial charge >= 0.3 is 0 Å². The number of benzene rings is 12. The highest BCUT2D eigenvalue weighted by atomic mass is 15.2. The third-order valence-corrected chi connectivity index (χ3v) is 14.0. The van der Waals surface area contributed by atoms with Crippen molar-refractivity contribution in [2.45, 2.75) is 0 Å². The predicted octanol–water partition coefficient (Wildman–Crippen LogP) is 20.6. The number of nitrogens with zero attached hydrogens (tertiary/aromatic N) is 4. The Bertz CT molecular complexity index is 3490. The van der Waals surface area contributed by atoms with Gasteiger partial charge in [0.2, 0.25) is 0 Å². The van der Waals surface area contributed by atoms with Gasteiger partial charge in [0.25, 0.3) is 0 Å². The number of hydrogen-bond acceptors (Lipinski definition) is 4. The predicted molar refractivity (Wildman–Crippen MR) is 330 cm³/mol. The average Bonchev–Trinajstić information content (AvgIpc) is 3.53. The standard InChI is InChI=1S/C74H56N4/c1-9-25-57(26-10-1)73(59-41-45-67(46-42-59)77(65-37-21-7-22-38-65)71-53-49-69(50-54-71)75(61-29-13-3-14-30-61)62-31-15-4-16-32-62)74(58-27-11-2-12-28-58)60-43-47-68(48-44-60)78(66-39-23-8-24-40-66)72-55-51-70(52-56-72)76(63-33-17-5-18-34-63)64-35-19-6-20-36-64/h1-56H. The first-order valence-corrected chi connectivity index (χ1v) is 26.5. The SMILES string of the molecule is c1ccc(C(=C(c2ccccc2)c2ccc(N(c3ccccc3)c3ccc(N(c4ccccc4)c4ccccc4)cc3)cc2)c2ccc(N(c3ccccc3)c3ccc(N(c4ccccc4)c4ccccc4)cc3)cc2)cc1. The second kappa shape index (κ2) is 23.0. The molecule has 12 aromatic rings. The van der Waals surface area contributed by atoms with Gasteiger partial charge in [-0.3, -0.25) is 0 Å². The van der Waals surface area contributed by atoms with Crippen molar-refractivity contribution in [3.05, 3.63) is 362 Å². The summed E-state index contributed by atoms with van der Waals surface area (Å²) in [5, 5.41) is 0. The molecule has 0 heterocycles. The molecule has 0 fully saturated rings. The second-order valence-corrected chi connectivity index (χ2v) is 19.0. The monoisotopic (exact) mass is 1000 g/mol. The molecule has 0 aliphatic heterocycles. The first-order chi connectivity index (χ1) is 38.7. The number of rotatable bonds is 16. The van der Waals surface area contributed by atoms with Gasteiger partial charge in [-0.05, 0) is 179 Å². The van der Waals surface area contributed by atoms with Crippen molar-refractivity contribution in [1.29, 1.82) is 0 Å². The molecule has 0 spiro atoms. The van der Waals surface area contributed by atoms with Crippen LogP contribution in [0.25, 0.3) is 11.1 Å². The summed E-state index contributed by atoms with van der Waals surface area (Å²) in [6, 6.07) is 121. The Morgan fingerprint density at radius 3 is 0.436 bits per heavy atom. The first-order valence-electron chi connectivity index (χ1n) is 26.5. The van der Waals surface area contributed by atoms with Gasteiger partial charge in [-0.15, -0.1) is 0 Å². The smallest absolute Gasteiger partial charge is 0.0463 e. The van der Waals surface area contributed by atoms with Crippen LogP contribution in [0.5, 0.6) is 0 Å². The topological polar surface area (TPSA) is 13.0 Å². The van der Waals surface area contributed by atoms with Gasteiger partial charge in [-0.25, -0.2) is 0 Å². The van der Waals surface area contributed by atoms with E-state index in [-0.39, 0.29) is 0 Å². The maximum Gasteiger partial charge on any atom is 0.0463 e. The Kier molecular flexibility index (Phi) is 14.3. The van der Waals surface area contributed by atoms with Gasteiger partial charge in [-0.1, -0.05) is 194 Å². The lowest BCUT2D eigenvalue weighted by atomic mass is 9.85. The van der Waals surface area contributed by atoms with Crippen molar-refractivity contribution >= 4 is 79.4 Å². The Balaban J connectivity index is 0.928. The van der Waals surface area contributed by atoms with E-state index in [9.17, 15) is 0 Å². The summed E-state index contributed by atoms with van der Waals surface area (Å²) in [5.74, 6) is 0. The van der Waals surface area contributed by atoms with E-state index in [4.69, 9.17) is 0 Å². The summed E-state index contributed by atoms with van der Waals surface area (Å²) in [7, 11) is 0. The van der Waals surface area contributed by atoms with Gasteiger partial charge in [0.05, 0.1) is 0 Å². The van der Waals surface area contributed by atoms with Crippen molar-refractivity contribution in [2.75, 3.05) is 19.6 Å². The molecule has 0 aliphatic rings. The Hall–Kier alpha value is -10.4. The maximum atomic E-state index is 2.33. The fraction of sp³-hybridized carbons (Fsp3) is 0. The summed E-state index contributed by atoms with van der Waals surface area (Å²) in [5.41, 5.74) is 19.7. The van der Waals surface area contributed by atoms with Crippen molar-refractivity contribution in [3.8, 4) is 0 Å². The highest BCUT2D eigenvalue weighted by Crippen LogP contribution is 2.44. The minimum absolute atomic E-state index is 1.06. The molecule has 0 bridgehead atoms. The molecule has 12 aromatic carbocycles. The second-order valence-electron chi connectivity index (χ2n) is 19.0. The summed E-state index contributed by atoms with van der Waals surface area (Å²) in [6.45, 7) is 0. The molecule has 12 rings (SSSR count). The zero-order valence-corrected chi connectivity index (χ0v) is 43.1. The molecule has 372 valence electrons. The molecule has 78 heavy (non-hydrogen) atoms. The maximum absolute atomic E-state index is 2.33. The van der Waals surface area contributed by atoms with Crippen molar-refractivity contribution in [2.24, 2.45) is 0 Å². The minimum Gasteiger partial charge on any atom is -0.311 e. The highest BCUT2D eigenvalue weighted by Gasteiger charge is 2.21. The average molecular weight is 1000 g/mol. The van der Waals surface area contributed by atoms with E-state index in [1.54, 1.807) is 0 Å². The molecule has 0 aliphatic carbocycles. The van der Waals surface area contributed by atoms with Gasteiger partial charge in [-0.2, -0.15) is 0 Å². The van der Waals surface area contributed by atoms with Crippen molar-refractivity contribution in [1.82, 2.24) is 0 Å². The van der Waals surface area contributed by atoms with E-state index >= 15 is 0 Å². The fourth-order valence-corrected chi connectivity index (χ4v) is 10.4. The number of para-hydroxylation sites is 6. The highest BCUT2D eigenvalue weighted by molar-refractivity contribution is 6.05. The largest absolute Gasteiger partial charge is 0.311 e.